The Morgan fingerprint density at radius 2 is 1.71 bits per heavy atom. The lowest BCUT2D eigenvalue weighted by atomic mass is 9.81. The van der Waals surface area contributed by atoms with Gasteiger partial charge in [0.2, 0.25) is 0 Å². The van der Waals surface area contributed by atoms with Crippen molar-refractivity contribution in [1.29, 1.82) is 0 Å². The Bertz CT molecular complexity index is 995. The van der Waals surface area contributed by atoms with Crippen molar-refractivity contribution in [2.45, 2.75) is 157 Å². The minimum atomic E-state index is -0.980. The Hall–Kier alpha value is -1.03. The summed E-state index contributed by atoms with van der Waals surface area (Å²) < 4.78 is 36.9. The van der Waals surface area contributed by atoms with E-state index in [9.17, 15) is 30.3 Å². The smallest absolute Gasteiger partial charge is 0.135 e. The first kappa shape index (κ1) is 35.3. The van der Waals surface area contributed by atoms with Crippen LogP contribution in [0.25, 0.3) is 0 Å². The van der Waals surface area contributed by atoms with Crippen LogP contribution in [0.1, 0.15) is 71.6 Å². The Labute approximate surface area is 266 Å². The second kappa shape index (κ2) is 15.5. The lowest BCUT2D eigenvalue weighted by Gasteiger charge is -2.46. The highest BCUT2D eigenvalue weighted by molar-refractivity contribution is 5.79. The fourth-order valence-corrected chi connectivity index (χ4v) is 8.17. The molecule has 9 unspecified atom stereocenters. The second-order valence-corrected chi connectivity index (χ2v) is 13.9. The van der Waals surface area contributed by atoms with E-state index < -0.39 is 73.8 Å². The third-order valence-corrected chi connectivity index (χ3v) is 10.7. The third kappa shape index (κ3) is 7.83. The molecule has 12 heteroatoms. The molecule has 0 aromatic heterocycles. The Morgan fingerprint density at radius 3 is 2.42 bits per heavy atom. The molecule has 0 bridgehead atoms. The average molecular weight is 643 g/mol. The predicted molar refractivity (Wildman–Crippen MR) is 160 cm³/mol. The molecule has 0 spiro atoms. The molecule has 45 heavy (non-hydrogen) atoms. The quantitative estimate of drug-likeness (QED) is 0.179. The van der Waals surface area contributed by atoms with Crippen LogP contribution in [0.3, 0.4) is 0 Å². The van der Waals surface area contributed by atoms with Gasteiger partial charge in [0, 0.05) is 45.3 Å². The zero-order valence-electron chi connectivity index (χ0n) is 26.8. The number of ketones is 1. The second-order valence-electron chi connectivity index (χ2n) is 13.9. The molecule has 12 nitrogen and oxygen atoms in total. The highest BCUT2D eigenvalue weighted by Crippen LogP contribution is 2.42. The average Bonchev–Trinajstić information content (AvgIpc) is 3.48. The Kier molecular flexibility index (Phi) is 12.1. The van der Waals surface area contributed by atoms with Crippen LogP contribution in [0.2, 0.25) is 0 Å². The van der Waals surface area contributed by atoms with Gasteiger partial charge in [-0.15, -0.1) is 0 Å². The molecule has 16 atom stereocenters. The molecule has 5 aliphatic heterocycles. The summed E-state index contributed by atoms with van der Waals surface area (Å²) in [5.41, 5.74) is 0.977. The number of aliphatic hydroxyl groups is 5. The topological polar surface area (TPSA) is 174 Å². The van der Waals surface area contributed by atoms with Gasteiger partial charge in [-0.3, -0.25) is 4.79 Å². The van der Waals surface area contributed by atoms with Crippen molar-refractivity contribution >= 4 is 5.78 Å². The van der Waals surface area contributed by atoms with Gasteiger partial charge in [-0.1, -0.05) is 13.5 Å². The van der Waals surface area contributed by atoms with E-state index in [2.05, 4.69) is 13.5 Å². The zero-order chi connectivity index (χ0) is 32.4. The summed E-state index contributed by atoms with van der Waals surface area (Å²) in [6.45, 7) is 7.89. The number of aliphatic hydroxyl groups excluding tert-OH is 5. The highest BCUT2D eigenvalue weighted by atomic mass is 16.6. The van der Waals surface area contributed by atoms with Crippen molar-refractivity contribution < 1.29 is 58.7 Å². The SMILES string of the molecule is C=C1C(C[C@@H]2OC(CC(O)CO)[C@H](OC)C2CC(=O)CC2CCC3O[C@@H]4C(O[C@H](C)C4O)C(O)[C@H]3O2)O[C@@H](CCCO)C[C@H]1C. The summed E-state index contributed by atoms with van der Waals surface area (Å²) in [6, 6.07) is 0. The number of rotatable bonds is 13. The fraction of sp³-hybridized carbons (Fsp3) is 0.909. The maximum atomic E-state index is 13.6. The number of hydrogen-bond acceptors (Lipinski definition) is 12. The maximum absolute atomic E-state index is 13.6. The van der Waals surface area contributed by atoms with Crippen molar-refractivity contribution in [3.05, 3.63) is 12.2 Å². The van der Waals surface area contributed by atoms with E-state index in [4.69, 9.17) is 28.4 Å². The summed E-state index contributed by atoms with van der Waals surface area (Å²) in [5, 5.41) is 50.5. The normalized spacial score (nSPS) is 45.7. The molecule has 5 fully saturated rings. The molecule has 258 valence electrons. The number of methoxy groups -OCH3 is 1. The minimum absolute atomic E-state index is 0.00264. The first-order valence-corrected chi connectivity index (χ1v) is 16.8. The number of ether oxygens (including phenoxy) is 6. The van der Waals surface area contributed by atoms with E-state index in [1.807, 2.05) is 0 Å². The van der Waals surface area contributed by atoms with Crippen LogP contribution in [0.15, 0.2) is 12.2 Å². The molecular formula is C33H54O12. The Balaban J connectivity index is 1.24. The predicted octanol–water partition coefficient (Wildman–Crippen LogP) is 0.814. The number of Topliss-reactive ketones (excluding diaryl/α,β-unsaturated/α-hetero) is 1. The maximum Gasteiger partial charge on any atom is 0.135 e. The Morgan fingerprint density at radius 1 is 0.956 bits per heavy atom. The first-order chi connectivity index (χ1) is 21.5. The van der Waals surface area contributed by atoms with Crippen LogP contribution in [0, 0.1) is 11.8 Å². The molecule has 0 radical (unpaired) electrons. The van der Waals surface area contributed by atoms with Crippen molar-refractivity contribution in [3.63, 3.8) is 0 Å². The van der Waals surface area contributed by atoms with Gasteiger partial charge in [0.25, 0.3) is 0 Å². The van der Waals surface area contributed by atoms with Gasteiger partial charge in [0.05, 0.1) is 61.5 Å². The lowest BCUT2D eigenvalue weighted by Crippen LogP contribution is -2.61. The largest absolute Gasteiger partial charge is 0.396 e. The van der Waals surface area contributed by atoms with Gasteiger partial charge in [-0.05, 0) is 50.5 Å². The molecule has 5 rings (SSSR count). The van der Waals surface area contributed by atoms with E-state index in [1.54, 1.807) is 14.0 Å². The van der Waals surface area contributed by atoms with Gasteiger partial charge in [-0.2, -0.15) is 0 Å². The van der Waals surface area contributed by atoms with Crippen LogP contribution >= 0.6 is 0 Å². The van der Waals surface area contributed by atoms with Crippen LogP contribution in [-0.2, 0) is 33.2 Å². The van der Waals surface area contributed by atoms with Gasteiger partial charge in [0.15, 0.2) is 0 Å². The number of hydrogen-bond donors (Lipinski definition) is 5. The molecule has 0 aromatic carbocycles. The molecule has 0 aliphatic carbocycles. The van der Waals surface area contributed by atoms with E-state index in [1.165, 1.54) is 0 Å². The minimum Gasteiger partial charge on any atom is -0.396 e. The molecule has 5 saturated heterocycles. The van der Waals surface area contributed by atoms with E-state index >= 15 is 0 Å². The third-order valence-electron chi connectivity index (χ3n) is 10.7. The van der Waals surface area contributed by atoms with Crippen LogP contribution < -0.4 is 0 Å². The molecule has 0 amide bonds. The lowest BCUT2D eigenvalue weighted by molar-refractivity contribution is -0.258. The fourth-order valence-electron chi connectivity index (χ4n) is 8.17. The van der Waals surface area contributed by atoms with Crippen LogP contribution in [0.5, 0.6) is 0 Å². The number of carbonyl (C=O) groups excluding carboxylic acids is 1. The molecule has 5 heterocycles. The van der Waals surface area contributed by atoms with Crippen molar-refractivity contribution in [1.82, 2.24) is 0 Å². The van der Waals surface area contributed by atoms with Gasteiger partial charge in [-0.25, -0.2) is 0 Å². The van der Waals surface area contributed by atoms with Gasteiger partial charge >= 0.3 is 0 Å². The molecule has 5 aliphatic rings. The van der Waals surface area contributed by atoms with E-state index in [0.717, 1.165) is 18.4 Å². The van der Waals surface area contributed by atoms with Gasteiger partial charge < -0.3 is 54.0 Å². The molecular weight excluding hydrogens is 588 g/mol. The summed E-state index contributed by atoms with van der Waals surface area (Å²) in [7, 11) is 1.57. The van der Waals surface area contributed by atoms with E-state index in [-0.39, 0.29) is 61.8 Å². The standard InChI is InChI=1S/C33H54O12/c1-16-10-21(6-5-9-34)42-25(17(16)2)14-26-23(30(40-4)27(44-26)13-20(37)15-35)12-19(36)11-22-7-8-24-31(43-22)29(39)33-32(45-24)28(38)18(3)41-33/h16,18,20-35,37-39H,2,5-15H2,1,3-4H3/t16-,18-,20?,21+,22?,23?,24?,25?,26+,27?,28?,29?,30-,31+,32+,33?/m1/s1. The monoisotopic (exact) mass is 642 g/mol. The molecule has 5 N–H and O–H groups in total. The molecule has 0 aromatic rings. The van der Waals surface area contributed by atoms with Crippen LogP contribution in [0.4, 0.5) is 0 Å². The number of carbonyl (C=O) groups is 1. The molecule has 0 saturated carbocycles. The van der Waals surface area contributed by atoms with Crippen LogP contribution in [-0.4, -0.2) is 137 Å². The van der Waals surface area contributed by atoms with Crippen molar-refractivity contribution in [2.75, 3.05) is 20.3 Å². The highest BCUT2D eigenvalue weighted by Gasteiger charge is 2.56. The van der Waals surface area contributed by atoms with Crippen molar-refractivity contribution in [3.8, 4) is 0 Å². The zero-order valence-corrected chi connectivity index (χ0v) is 26.8. The van der Waals surface area contributed by atoms with E-state index in [0.29, 0.717) is 25.7 Å². The summed E-state index contributed by atoms with van der Waals surface area (Å²) in [5.74, 6) is -0.106. The van der Waals surface area contributed by atoms with Gasteiger partial charge in [0.1, 0.15) is 36.3 Å². The summed E-state index contributed by atoms with van der Waals surface area (Å²) in [6.07, 6.45) is -3.23. The summed E-state index contributed by atoms with van der Waals surface area (Å²) in [4.78, 5) is 13.6. The first-order valence-electron chi connectivity index (χ1n) is 16.8. The number of fused-ring (bicyclic) bond motifs is 2. The van der Waals surface area contributed by atoms with Crippen molar-refractivity contribution in [2.24, 2.45) is 11.8 Å². The summed E-state index contributed by atoms with van der Waals surface area (Å²) >= 11 is 0.